The van der Waals surface area contributed by atoms with Gasteiger partial charge in [-0.1, -0.05) is 13.0 Å². The molecule has 5 nitrogen and oxygen atoms in total. The lowest BCUT2D eigenvalue weighted by Gasteiger charge is -2.21. The lowest BCUT2D eigenvalue weighted by atomic mass is 10.2. The highest BCUT2D eigenvalue weighted by Crippen LogP contribution is 2.12. The molecule has 0 saturated heterocycles. The Hall–Kier alpha value is -2.06. The van der Waals surface area contributed by atoms with Crippen molar-refractivity contribution in [2.75, 3.05) is 40.3 Å². The monoisotopic (exact) mass is 275 g/mol. The maximum atomic E-state index is 11.6. The fourth-order valence-electron chi connectivity index (χ4n) is 1.63. The van der Waals surface area contributed by atoms with Gasteiger partial charge < -0.3 is 9.64 Å². The summed E-state index contributed by atoms with van der Waals surface area (Å²) in [6, 6.07) is 9.14. The van der Waals surface area contributed by atoms with Gasteiger partial charge in [-0.15, -0.1) is 0 Å². The molecule has 0 aliphatic heterocycles. The molecule has 0 aliphatic carbocycles. The van der Waals surface area contributed by atoms with Crippen LogP contribution in [-0.2, 0) is 4.79 Å². The van der Waals surface area contributed by atoms with Gasteiger partial charge in [0.15, 0.2) is 0 Å². The normalized spacial score (nSPS) is 10.2. The maximum Gasteiger partial charge on any atom is 0.236 e. The molecule has 0 unspecified atom stereocenters. The zero-order valence-corrected chi connectivity index (χ0v) is 12.3. The Balaban J connectivity index is 2.41. The van der Waals surface area contributed by atoms with Crippen LogP contribution in [0.15, 0.2) is 24.3 Å². The fourth-order valence-corrected chi connectivity index (χ4v) is 1.63. The number of benzene rings is 1. The van der Waals surface area contributed by atoms with E-state index in [4.69, 9.17) is 10.00 Å². The summed E-state index contributed by atoms with van der Waals surface area (Å²) in [6.45, 7) is 4.36. The molecule has 1 aromatic carbocycles. The first-order chi connectivity index (χ1) is 9.56. The Morgan fingerprint density at radius 3 is 2.75 bits per heavy atom. The van der Waals surface area contributed by atoms with Crippen molar-refractivity contribution in [3.05, 3.63) is 29.8 Å². The van der Waals surface area contributed by atoms with Crippen molar-refractivity contribution in [2.24, 2.45) is 0 Å². The molecule has 0 aliphatic rings. The number of amides is 1. The first-order valence-corrected chi connectivity index (χ1v) is 6.62. The Morgan fingerprint density at radius 2 is 2.15 bits per heavy atom. The fraction of sp³-hybridized carbons (Fsp3) is 0.467. The van der Waals surface area contributed by atoms with Crippen LogP contribution < -0.4 is 4.74 Å². The van der Waals surface area contributed by atoms with E-state index in [1.807, 2.05) is 17.9 Å². The van der Waals surface area contributed by atoms with Crippen molar-refractivity contribution in [1.29, 1.82) is 5.26 Å². The zero-order chi connectivity index (χ0) is 15.0. The van der Waals surface area contributed by atoms with E-state index in [2.05, 4.69) is 6.07 Å². The highest BCUT2D eigenvalue weighted by atomic mass is 16.5. The molecule has 0 aromatic heterocycles. The van der Waals surface area contributed by atoms with E-state index >= 15 is 0 Å². The molecule has 0 bridgehead atoms. The summed E-state index contributed by atoms with van der Waals surface area (Å²) in [5.41, 5.74) is 0.581. The summed E-state index contributed by atoms with van der Waals surface area (Å²) in [4.78, 5) is 15.2. The van der Waals surface area contributed by atoms with E-state index in [0.717, 1.165) is 6.54 Å². The lowest BCUT2D eigenvalue weighted by Crippen LogP contribution is -2.38. The van der Waals surface area contributed by atoms with Crippen LogP contribution >= 0.6 is 0 Å². The number of carbonyl (C=O) groups is 1. The van der Waals surface area contributed by atoms with Crippen LogP contribution in [0.4, 0.5) is 0 Å². The molecule has 0 N–H and O–H groups in total. The maximum absolute atomic E-state index is 11.6. The molecule has 1 rings (SSSR count). The molecule has 1 aromatic rings. The Bertz CT molecular complexity index is 480. The number of rotatable bonds is 7. The molecule has 1 amide bonds. The molecule has 5 heteroatoms. The van der Waals surface area contributed by atoms with Gasteiger partial charge in [0.05, 0.1) is 18.2 Å². The largest absolute Gasteiger partial charge is 0.492 e. The van der Waals surface area contributed by atoms with Gasteiger partial charge in [0.25, 0.3) is 0 Å². The van der Waals surface area contributed by atoms with E-state index in [0.29, 0.717) is 31.0 Å². The topological polar surface area (TPSA) is 56.6 Å². The minimum Gasteiger partial charge on any atom is -0.492 e. The third kappa shape index (κ3) is 5.29. The van der Waals surface area contributed by atoms with Gasteiger partial charge in [-0.2, -0.15) is 5.26 Å². The van der Waals surface area contributed by atoms with Gasteiger partial charge in [-0.25, -0.2) is 0 Å². The van der Waals surface area contributed by atoms with Crippen molar-refractivity contribution in [2.45, 2.75) is 6.92 Å². The van der Waals surface area contributed by atoms with Gasteiger partial charge in [-0.05, 0) is 24.7 Å². The molecular formula is C15H21N3O2. The number of carbonyl (C=O) groups excluding carboxylic acids is 1. The summed E-state index contributed by atoms with van der Waals surface area (Å²) in [5.74, 6) is 0.761. The summed E-state index contributed by atoms with van der Waals surface area (Å²) in [7, 11) is 3.50. The third-order valence-electron chi connectivity index (χ3n) is 2.94. The van der Waals surface area contributed by atoms with E-state index in [1.165, 1.54) is 0 Å². The molecule has 20 heavy (non-hydrogen) atoms. The van der Waals surface area contributed by atoms with Crippen LogP contribution in [0.2, 0.25) is 0 Å². The lowest BCUT2D eigenvalue weighted by molar-refractivity contribution is -0.129. The van der Waals surface area contributed by atoms with Crippen molar-refractivity contribution >= 4 is 5.91 Å². The van der Waals surface area contributed by atoms with E-state index < -0.39 is 0 Å². The molecule has 0 radical (unpaired) electrons. The first kappa shape index (κ1) is 16.0. The number of nitriles is 1. The van der Waals surface area contributed by atoms with Crippen LogP contribution in [0.1, 0.15) is 12.5 Å². The summed E-state index contributed by atoms with van der Waals surface area (Å²) >= 11 is 0. The van der Waals surface area contributed by atoms with Gasteiger partial charge in [0.1, 0.15) is 12.4 Å². The molecule has 0 saturated carbocycles. The predicted octanol–water partition coefficient (Wildman–Crippen LogP) is 1.35. The second-order valence-electron chi connectivity index (χ2n) is 4.65. The van der Waals surface area contributed by atoms with E-state index in [9.17, 15) is 4.79 Å². The molecule has 0 fully saturated rings. The van der Waals surface area contributed by atoms with E-state index in [-0.39, 0.29) is 5.91 Å². The minimum absolute atomic E-state index is 0.0818. The minimum atomic E-state index is 0.0818. The number of likely N-dealkylation sites (N-methyl/N-ethyl adjacent to an activating group) is 2. The second kappa shape index (κ2) is 8.18. The van der Waals surface area contributed by atoms with Crippen molar-refractivity contribution < 1.29 is 9.53 Å². The highest BCUT2D eigenvalue weighted by molar-refractivity contribution is 5.77. The molecule has 0 heterocycles. The van der Waals surface area contributed by atoms with Crippen LogP contribution in [-0.4, -0.2) is 56.0 Å². The molecule has 0 spiro atoms. The Morgan fingerprint density at radius 1 is 1.40 bits per heavy atom. The molecule has 108 valence electrons. The average Bonchev–Trinajstić information content (AvgIpc) is 2.46. The van der Waals surface area contributed by atoms with Crippen molar-refractivity contribution in [1.82, 2.24) is 9.80 Å². The SMILES string of the molecule is CCN(CCOc1cccc(C#N)c1)CC(=O)N(C)C. The molecule has 0 atom stereocenters. The van der Waals surface area contributed by atoms with Crippen LogP contribution in [0.3, 0.4) is 0 Å². The average molecular weight is 275 g/mol. The van der Waals surface area contributed by atoms with Crippen molar-refractivity contribution in [3.63, 3.8) is 0 Å². The van der Waals surface area contributed by atoms with Crippen LogP contribution in [0, 0.1) is 11.3 Å². The second-order valence-corrected chi connectivity index (χ2v) is 4.65. The Labute approximate surface area is 120 Å². The van der Waals surface area contributed by atoms with Crippen LogP contribution in [0.5, 0.6) is 5.75 Å². The third-order valence-corrected chi connectivity index (χ3v) is 2.94. The number of hydrogen-bond donors (Lipinski definition) is 0. The number of nitrogens with zero attached hydrogens (tertiary/aromatic N) is 3. The first-order valence-electron chi connectivity index (χ1n) is 6.62. The molecular weight excluding hydrogens is 254 g/mol. The summed E-state index contributed by atoms with van der Waals surface area (Å²) < 4.78 is 5.61. The number of hydrogen-bond acceptors (Lipinski definition) is 4. The van der Waals surface area contributed by atoms with Gasteiger partial charge >= 0.3 is 0 Å². The van der Waals surface area contributed by atoms with Gasteiger partial charge in [-0.3, -0.25) is 9.69 Å². The van der Waals surface area contributed by atoms with Crippen molar-refractivity contribution in [3.8, 4) is 11.8 Å². The Kier molecular flexibility index (Phi) is 6.54. The standard InChI is InChI=1S/C15H21N3O2/c1-4-18(12-15(19)17(2)3)8-9-20-14-7-5-6-13(10-14)11-16/h5-7,10H,4,8-9,12H2,1-3H3. The predicted molar refractivity (Wildman–Crippen MR) is 77.5 cm³/mol. The van der Waals surface area contributed by atoms with Gasteiger partial charge in [0, 0.05) is 20.6 Å². The zero-order valence-electron chi connectivity index (χ0n) is 12.3. The summed E-state index contributed by atoms with van der Waals surface area (Å²) in [5, 5.41) is 8.81. The smallest absolute Gasteiger partial charge is 0.236 e. The summed E-state index contributed by atoms with van der Waals surface area (Å²) in [6.07, 6.45) is 0. The number of ether oxygens (including phenoxy) is 1. The van der Waals surface area contributed by atoms with E-state index in [1.54, 1.807) is 37.2 Å². The quantitative estimate of drug-likeness (QED) is 0.753. The van der Waals surface area contributed by atoms with Crippen LogP contribution in [0.25, 0.3) is 0 Å². The van der Waals surface area contributed by atoms with Gasteiger partial charge in [0.2, 0.25) is 5.91 Å². The highest BCUT2D eigenvalue weighted by Gasteiger charge is 2.10.